The van der Waals surface area contributed by atoms with E-state index >= 15 is 0 Å². The van der Waals surface area contributed by atoms with Crippen molar-refractivity contribution in [1.82, 2.24) is 14.9 Å². The Bertz CT molecular complexity index is 847. The molecule has 0 radical (unpaired) electrons. The van der Waals surface area contributed by atoms with Crippen LogP contribution in [0.2, 0.25) is 0 Å². The molecule has 1 aromatic heterocycles. The van der Waals surface area contributed by atoms with Crippen molar-refractivity contribution >= 4 is 29.2 Å². The van der Waals surface area contributed by atoms with Crippen LogP contribution >= 0.6 is 0 Å². The second-order valence-corrected chi connectivity index (χ2v) is 6.31. The Hall–Kier alpha value is -3.16. The van der Waals surface area contributed by atoms with E-state index in [1.807, 2.05) is 24.0 Å². The van der Waals surface area contributed by atoms with E-state index in [0.29, 0.717) is 49.1 Å². The molecular formula is C19H23N5O3. The quantitative estimate of drug-likeness (QED) is 0.825. The van der Waals surface area contributed by atoms with Crippen LogP contribution in [-0.4, -0.2) is 60.0 Å². The molecule has 0 aliphatic carbocycles. The average molecular weight is 369 g/mol. The van der Waals surface area contributed by atoms with E-state index in [9.17, 15) is 9.59 Å². The first kappa shape index (κ1) is 18.6. The number of para-hydroxylation sites is 1. The maximum Gasteiger partial charge on any atom is 0.339 e. The lowest BCUT2D eigenvalue weighted by Crippen LogP contribution is -2.48. The van der Waals surface area contributed by atoms with Crippen molar-refractivity contribution < 1.29 is 14.3 Å². The predicted octanol–water partition coefficient (Wildman–Crippen LogP) is 1.98. The minimum atomic E-state index is -0.413. The molecule has 2 heterocycles. The van der Waals surface area contributed by atoms with Crippen LogP contribution in [0.5, 0.6) is 0 Å². The number of anilines is 3. The molecule has 1 N–H and O–H groups in total. The van der Waals surface area contributed by atoms with Crippen LogP contribution in [0.3, 0.4) is 0 Å². The van der Waals surface area contributed by atoms with E-state index in [0.717, 1.165) is 5.82 Å². The Morgan fingerprint density at radius 1 is 1.11 bits per heavy atom. The van der Waals surface area contributed by atoms with Gasteiger partial charge in [-0.3, -0.25) is 4.79 Å². The van der Waals surface area contributed by atoms with Gasteiger partial charge in [0.2, 0.25) is 5.91 Å². The van der Waals surface area contributed by atoms with Gasteiger partial charge < -0.3 is 19.9 Å². The molecule has 0 saturated carbocycles. The summed E-state index contributed by atoms with van der Waals surface area (Å²) in [4.78, 5) is 36.4. The lowest BCUT2D eigenvalue weighted by atomic mass is 10.2. The predicted molar refractivity (Wildman–Crippen MR) is 102 cm³/mol. The number of benzene rings is 1. The first-order valence-electron chi connectivity index (χ1n) is 8.78. The number of ether oxygens (including phenoxy) is 1. The normalized spacial score (nSPS) is 14.0. The molecule has 2 aromatic rings. The standard InChI is InChI=1S/C19H23N5O3/c1-13-20-17(22-16-7-5-4-6-15(16)19(26)27-3)12-18(21-13)24-10-8-23(9-11-24)14(2)25/h4-7,12H,8-11H2,1-3H3,(H,20,21,22). The zero-order valence-corrected chi connectivity index (χ0v) is 15.7. The van der Waals surface area contributed by atoms with Gasteiger partial charge in [0.25, 0.3) is 0 Å². The average Bonchev–Trinajstić information content (AvgIpc) is 2.67. The van der Waals surface area contributed by atoms with Gasteiger partial charge in [-0.15, -0.1) is 0 Å². The molecule has 0 unspecified atom stereocenters. The molecule has 142 valence electrons. The Labute approximate surface area is 158 Å². The van der Waals surface area contributed by atoms with Gasteiger partial charge in [-0.1, -0.05) is 12.1 Å². The third-order valence-corrected chi connectivity index (χ3v) is 4.47. The van der Waals surface area contributed by atoms with Crippen molar-refractivity contribution in [3.8, 4) is 0 Å². The second kappa shape index (κ2) is 8.03. The van der Waals surface area contributed by atoms with Crippen LogP contribution in [0, 0.1) is 6.92 Å². The minimum absolute atomic E-state index is 0.0929. The molecule has 1 aliphatic rings. The van der Waals surface area contributed by atoms with Crippen molar-refractivity contribution in [2.24, 2.45) is 0 Å². The Balaban J connectivity index is 1.81. The summed E-state index contributed by atoms with van der Waals surface area (Å²) in [6.07, 6.45) is 0. The molecule has 1 aromatic carbocycles. The number of piperazine rings is 1. The van der Waals surface area contributed by atoms with Crippen molar-refractivity contribution in [2.75, 3.05) is 43.5 Å². The highest BCUT2D eigenvalue weighted by molar-refractivity contribution is 5.96. The van der Waals surface area contributed by atoms with Gasteiger partial charge in [-0.25, -0.2) is 14.8 Å². The number of hydrogen-bond acceptors (Lipinski definition) is 7. The molecular weight excluding hydrogens is 346 g/mol. The summed E-state index contributed by atoms with van der Waals surface area (Å²) in [6, 6.07) is 8.97. The molecule has 1 fully saturated rings. The molecule has 1 saturated heterocycles. The van der Waals surface area contributed by atoms with E-state index in [1.165, 1.54) is 7.11 Å². The monoisotopic (exact) mass is 369 g/mol. The third-order valence-electron chi connectivity index (χ3n) is 4.47. The van der Waals surface area contributed by atoms with Gasteiger partial charge in [-0.05, 0) is 19.1 Å². The topological polar surface area (TPSA) is 87.7 Å². The molecule has 1 amide bonds. The number of hydrogen-bond donors (Lipinski definition) is 1. The molecule has 8 heteroatoms. The zero-order valence-electron chi connectivity index (χ0n) is 15.7. The number of rotatable bonds is 4. The fraction of sp³-hybridized carbons (Fsp3) is 0.368. The number of nitrogens with one attached hydrogen (secondary N) is 1. The summed E-state index contributed by atoms with van der Waals surface area (Å²) in [7, 11) is 1.35. The van der Waals surface area contributed by atoms with Crippen molar-refractivity contribution in [3.05, 3.63) is 41.7 Å². The minimum Gasteiger partial charge on any atom is -0.465 e. The van der Waals surface area contributed by atoms with Crippen molar-refractivity contribution in [2.45, 2.75) is 13.8 Å². The van der Waals surface area contributed by atoms with Gasteiger partial charge in [0.05, 0.1) is 18.4 Å². The smallest absolute Gasteiger partial charge is 0.339 e. The van der Waals surface area contributed by atoms with Crippen LogP contribution < -0.4 is 10.2 Å². The van der Waals surface area contributed by atoms with E-state index in [2.05, 4.69) is 20.2 Å². The number of aromatic nitrogens is 2. The molecule has 3 rings (SSSR count). The van der Waals surface area contributed by atoms with Crippen LogP contribution in [0.1, 0.15) is 23.1 Å². The molecule has 8 nitrogen and oxygen atoms in total. The van der Waals surface area contributed by atoms with Gasteiger partial charge in [0.15, 0.2) is 0 Å². The lowest BCUT2D eigenvalue weighted by Gasteiger charge is -2.35. The number of esters is 1. The molecule has 0 atom stereocenters. The van der Waals surface area contributed by atoms with Crippen LogP contribution in [0.4, 0.5) is 17.3 Å². The van der Waals surface area contributed by atoms with Crippen LogP contribution in [-0.2, 0) is 9.53 Å². The Morgan fingerprint density at radius 3 is 2.48 bits per heavy atom. The second-order valence-electron chi connectivity index (χ2n) is 6.31. The number of methoxy groups -OCH3 is 1. The highest BCUT2D eigenvalue weighted by Gasteiger charge is 2.20. The fourth-order valence-corrected chi connectivity index (χ4v) is 3.05. The summed E-state index contributed by atoms with van der Waals surface area (Å²) in [5.74, 6) is 1.70. The molecule has 0 bridgehead atoms. The SMILES string of the molecule is COC(=O)c1ccccc1Nc1cc(N2CCN(C(C)=O)CC2)nc(C)n1. The van der Waals surface area contributed by atoms with E-state index in [-0.39, 0.29) is 5.91 Å². The van der Waals surface area contributed by atoms with Gasteiger partial charge in [0, 0.05) is 39.2 Å². The van der Waals surface area contributed by atoms with E-state index in [1.54, 1.807) is 25.1 Å². The number of amides is 1. The van der Waals surface area contributed by atoms with Gasteiger partial charge in [-0.2, -0.15) is 0 Å². The Morgan fingerprint density at radius 2 is 1.81 bits per heavy atom. The first-order valence-corrected chi connectivity index (χ1v) is 8.78. The van der Waals surface area contributed by atoms with Crippen molar-refractivity contribution in [1.29, 1.82) is 0 Å². The van der Waals surface area contributed by atoms with Crippen molar-refractivity contribution in [3.63, 3.8) is 0 Å². The fourth-order valence-electron chi connectivity index (χ4n) is 3.05. The molecule has 27 heavy (non-hydrogen) atoms. The summed E-state index contributed by atoms with van der Waals surface area (Å²) < 4.78 is 4.83. The zero-order chi connectivity index (χ0) is 19.4. The summed E-state index contributed by atoms with van der Waals surface area (Å²) in [5, 5.41) is 3.19. The van der Waals surface area contributed by atoms with Crippen LogP contribution in [0.25, 0.3) is 0 Å². The number of carbonyl (C=O) groups excluding carboxylic acids is 2. The summed E-state index contributed by atoms with van der Waals surface area (Å²) in [6.45, 7) is 6.19. The highest BCUT2D eigenvalue weighted by atomic mass is 16.5. The van der Waals surface area contributed by atoms with Gasteiger partial charge in [0.1, 0.15) is 17.5 Å². The maximum absolute atomic E-state index is 12.0. The number of carbonyl (C=O) groups is 2. The third kappa shape index (κ3) is 4.33. The van der Waals surface area contributed by atoms with E-state index in [4.69, 9.17) is 4.74 Å². The number of aryl methyl sites for hydroxylation is 1. The largest absolute Gasteiger partial charge is 0.465 e. The first-order chi connectivity index (χ1) is 13.0. The lowest BCUT2D eigenvalue weighted by molar-refractivity contribution is -0.129. The molecule has 1 aliphatic heterocycles. The highest BCUT2D eigenvalue weighted by Crippen LogP contribution is 2.23. The van der Waals surface area contributed by atoms with Gasteiger partial charge >= 0.3 is 5.97 Å². The number of nitrogens with zero attached hydrogens (tertiary/aromatic N) is 4. The maximum atomic E-state index is 12.0. The van der Waals surface area contributed by atoms with Crippen LogP contribution in [0.15, 0.2) is 30.3 Å². The molecule has 0 spiro atoms. The summed E-state index contributed by atoms with van der Waals surface area (Å²) in [5.41, 5.74) is 1.06. The van der Waals surface area contributed by atoms with E-state index < -0.39 is 5.97 Å². The Kier molecular flexibility index (Phi) is 5.54. The summed E-state index contributed by atoms with van der Waals surface area (Å²) >= 11 is 0.